The Labute approximate surface area is 140 Å². The molecular formula is C19H32NO3+. The summed E-state index contributed by atoms with van der Waals surface area (Å²) in [5.41, 5.74) is 2.50. The molecule has 1 fully saturated rings. The van der Waals surface area contributed by atoms with Crippen molar-refractivity contribution in [3.8, 4) is 5.75 Å². The van der Waals surface area contributed by atoms with Crippen LogP contribution in [0.4, 0.5) is 0 Å². The van der Waals surface area contributed by atoms with Crippen LogP contribution in [0.5, 0.6) is 5.75 Å². The first kappa shape index (κ1) is 18.2. The number of aryl methyl sites for hydroxylation is 2. The lowest BCUT2D eigenvalue weighted by atomic mass is 9.95. The van der Waals surface area contributed by atoms with Crippen molar-refractivity contribution < 1.29 is 19.9 Å². The van der Waals surface area contributed by atoms with E-state index in [2.05, 4.69) is 25.2 Å². The van der Waals surface area contributed by atoms with Gasteiger partial charge in [-0.05, 0) is 62.8 Å². The van der Waals surface area contributed by atoms with E-state index in [0.717, 1.165) is 12.3 Å². The van der Waals surface area contributed by atoms with E-state index in [1.165, 1.54) is 43.2 Å². The van der Waals surface area contributed by atoms with E-state index in [9.17, 15) is 5.11 Å². The zero-order valence-electron chi connectivity index (χ0n) is 14.6. The second kappa shape index (κ2) is 9.91. The Morgan fingerprint density at radius 2 is 1.91 bits per heavy atom. The lowest BCUT2D eigenvalue weighted by Crippen LogP contribution is -2.92. The van der Waals surface area contributed by atoms with Gasteiger partial charge in [-0.2, -0.15) is 0 Å². The predicted octanol–water partition coefficient (Wildman–Crippen LogP) is 1.96. The number of rotatable bonds is 9. The summed E-state index contributed by atoms with van der Waals surface area (Å²) in [5, 5.41) is 12.3. The van der Waals surface area contributed by atoms with Crippen LogP contribution in [-0.2, 0) is 4.74 Å². The van der Waals surface area contributed by atoms with E-state index in [1.54, 1.807) is 0 Å². The van der Waals surface area contributed by atoms with Crippen LogP contribution in [0.15, 0.2) is 18.2 Å². The van der Waals surface area contributed by atoms with Gasteiger partial charge in [-0.15, -0.1) is 0 Å². The zero-order chi connectivity index (χ0) is 16.5. The standard InChI is InChI=1S/C19H31NO3/c1-15-8-9-19(12-16(15)2)23-11-10-22-14-18(21)13-20-17-6-4-3-5-7-17/h8-9,12,17-18,20-21H,3-7,10-11,13-14H2,1-2H3/p+1/t18-/m0/s1. The average Bonchev–Trinajstić information content (AvgIpc) is 2.57. The van der Waals surface area contributed by atoms with Gasteiger partial charge in [-0.1, -0.05) is 12.5 Å². The number of hydrogen-bond donors (Lipinski definition) is 2. The number of aliphatic hydroxyl groups excluding tert-OH is 1. The Bertz CT molecular complexity index is 458. The minimum atomic E-state index is -0.390. The summed E-state index contributed by atoms with van der Waals surface area (Å²) in [6, 6.07) is 6.79. The van der Waals surface area contributed by atoms with E-state index in [1.807, 2.05) is 12.1 Å². The van der Waals surface area contributed by atoms with Gasteiger partial charge in [0, 0.05) is 0 Å². The van der Waals surface area contributed by atoms with Gasteiger partial charge >= 0.3 is 0 Å². The Morgan fingerprint density at radius 3 is 2.65 bits per heavy atom. The van der Waals surface area contributed by atoms with Gasteiger partial charge in [0.2, 0.25) is 0 Å². The summed E-state index contributed by atoms with van der Waals surface area (Å²) in [4.78, 5) is 0. The van der Waals surface area contributed by atoms with Crippen molar-refractivity contribution in [2.45, 2.75) is 58.1 Å². The molecule has 0 aliphatic heterocycles. The van der Waals surface area contributed by atoms with Crippen molar-refractivity contribution >= 4 is 0 Å². The normalized spacial score (nSPS) is 17.2. The van der Waals surface area contributed by atoms with Crippen LogP contribution in [0, 0.1) is 13.8 Å². The maximum atomic E-state index is 9.97. The molecule has 1 atom stereocenters. The number of aliphatic hydroxyl groups is 1. The Balaban J connectivity index is 1.51. The molecule has 0 unspecified atom stereocenters. The summed E-state index contributed by atoms with van der Waals surface area (Å²) >= 11 is 0. The van der Waals surface area contributed by atoms with Crippen molar-refractivity contribution in [1.29, 1.82) is 0 Å². The highest BCUT2D eigenvalue weighted by atomic mass is 16.5. The molecule has 1 saturated carbocycles. The highest BCUT2D eigenvalue weighted by molar-refractivity contribution is 5.33. The molecule has 0 spiro atoms. The zero-order valence-corrected chi connectivity index (χ0v) is 14.6. The fourth-order valence-corrected chi connectivity index (χ4v) is 3.03. The maximum Gasteiger partial charge on any atom is 0.126 e. The summed E-state index contributed by atoms with van der Waals surface area (Å²) in [6.45, 7) is 6.32. The summed E-state index contributed by atoms with van der Waals surface area (Å²) in [7, 11) is 0. The molecule has 23 heavy (non-hydrogen) atoms. The molecule has 0 amide bonds. The highest BCUT2D eigenvalue weighted by Gasteiger charge is 2.17. The van der Waals surface area contributed by atoms with Crippen molar-refractivity contribution in [2.24, 2.45) is 0 Å². The highest BCUT2D eigenvalue weighted by Crippen LogP contribution is 2.16. The first-order valence-corrected chi connectivity index (χ1v) is 8.94. The van der Waals surface area contributed by atoms with Crippen molar-refractivity contribution in [2.75, 3.05) is 26.4 Å². The molecule has 1 aliphatic rings. The second-order valence-corrected chi connectivity index (χ2v) is 6.69. The van der Waals surface area contributed by atoms with Gasteiger partial charge < -0.3 is 19.9 Å². The van der Waals surface area contributed by atoms with Crippen LogP contribution in [0.3, 0.4) is 0 Å². The molecule has 130 valence electrons. The smallest absolute Gasteiger partial charge is 0.126 e. The van der Waals surface area contributed by atoms with Crippen LogP contribution < -0.4 is 10.1 Å². The number of quaternary nitrogens is 1. The van der Waals surface area contributed by atoms with Crippen molar-refractivity contribution in [1.82, 2.24) is 0 Å². The summed E-state index contributed by atoms with van der Waals surface area (Å²) in [6.07, 6.45) is 6.23. The van der Waals surface area contributed by atoms with Crippen molar-refractivity contribution in [3.63, 3.8) is 0 Å². The maximum absolute atomic E-state index is 9.97. The molecule has 2 rings (SSSR count). The molecule has 0 heterocycles. The van der Waals surface area contributed by atoms with Crippen molar-refractivity contribution in [3.05, 3.63) is 29.3 Å². The summed E-state index contributed by atoms with van der Waals surface area (Å²) < 4.78 is 11.2. The third-order valence-electron chi connectivity index (χ3n) is 4.68. The predicted molar refractivity (Wildman–Crippen MR) is 91.9 cm³/mol. The second-order valence-electron chi connectivity index (χ2n) is 6.69. The lowest BCUT2D eigenvalue weighted by Gasteiger charge is -2.21. The number of benzene rings is 1. The molecule has 4 heteroatoms. The molecule has 0 bridgehead atoms. The molecule has 3 N–H and O–H groups in total. The molecule has 1 aromatic rings. The SMILES string of the molecule is Cc1ccc(OCCOC[C@@H](O)C[NH2+]C2CCCCC2)cc1C. The van der Waals surface area contributed by atoms with Gasteiger partial charge in [-0.3, -0.25) is 0 Å². The van der Waals surface area contributed by atoms with Crippen LogP contribution in [0.2, 0.25) is 0 Å². The Kier molecular flexibility index (Phi) is 7.86. The fraction of sp³-hybridized carbons (Fsp3) is 0.684. The van der Waals surface area contributed by atoms with Gasteiger partial charge in [0.25, 0.3) is 0 Å². The van der Waals surface area contributed by atoms with Gasteiger partial charge in [0.05, 0.1) is 19.3 Å². The average molecular weight is 322 g/mol. The third kappa shape index (κ3) is 6.90. The lowest BCUT2D eigenvalue weighted by molar-refractivity contribution is -0.697. The molecule has 1 aromatic carbocycles. The minimum absolute atomic E-state index is 0.388. The van der Waals surface area contributed by atoms with Crippen LogP contribution >= 0.6 is 0 Å². The van der Waals surface area contributed by atoms with E-state index < -0.39 is 6.10 Å². The number of ether oxygens (including phenoxy) is 2. The Morgan fingerprint density at radius 1 is 1.13 bits per heavy atom. The van der Waals surface area contributed by atoms with E-state index in [-0.39, 0.29) is 0 Å². The molecular weight excluding hydrogens is 290 g/mol. The monoisotopic (exact) mass is 322 g/mol. The van der Waals surface area contributed by atoms with E-state index in [0.29, 0.717) is 25.9 Å². The largest absolute Gasteiger partial charge is 0.491 e. The summed E-state index contributed by atoms with van der Waals surface area (Å²) in [5.74, 6) is 0.878. The van der Waals surface area contributed by atoms with E-state index in [4.69, 9.17) is 9.47 Å². The third-order valence-corrected chi connectivity index (χ3v) is 4.68. The molecule has 1 aliphatic carbocycles. The quantitative estimate of drug-likeness (QED) is 0.683. The fourth-order valence-electron chi connectivity index (χ4n) is 3.03. The molecule has 0 radical (unpaired) electrons. The van der Waals surface area contributed by atoms with Gasteiger partial charge in [-0.25, -0.2) is 0 Å². The van der Waals surface area contributed by atoms with Crippen LogP contribution in [0.25, 0.3) is 0 Å². The first-order valence-electron chi connectivity index (χ1n) is 8.94. The first-order chi connectivity index (χ1) is 11.1. The van der Waals surface area contributed by atoms with E-state index >= 15 is 0 Å². The van der Waals surface area contributed by atoms with Crippen LogP contribution in [0.1, 0.15) is 43.2 Å². The van der Waals surface area contributed by atoms with Crippen LogP contribution in [-0.4, -0.2) is 43.6 Å². The topological polar surface area (TPSA) is 55.3 Å². The van der Waals surface area contributed by atoms with Gasteiger partial charge in [0.1, 0.15) is 25.0 Å². The Hall–Kier alpha value is -1.10. The minimum Gasteiger partial charge on any atom is -0.491 e. The van der Waals surface area contributed by atoms with Gasteiger partial charge in [0.15, 0.2) is 0 Å². The number of hydrogen-bond acceptors (Lipinski definition) is 3. The molecule has 4 nitrogen and oxygen atoms in total. The molecule has 0 saturated heterocycles. The molecule has 0 aromatic heterocycles. The number of nitrogens with two attached hydrogens (primary N) is 1.